The van der Waals surface area contributed by atoms with Crippen LogP contribution in [0.2, 0.25) is 0 Å². The standard InChI is InChI=1S/C13H13NO5/c1-2-19-13(18)9-5-3-4-6-10(9)14-11(15)7-8-12(16)17/h3-8H,2H2,1H3,(H,14,15)(H,16,17)/p-1/b8-7+. The molecular weight excluding hydrogens is 250 g/mol. The fourth-order valence-electron chi connectivity index (χ4n) is 1.30. The number of carboxylic acid groups (broad SMARTS) is 1. The topological polar surface area (TPSA) is 95.5 Å². The number of benzene rings is 1. The van der Waals surface area contributed by atoms with Crippen LogP contribution in [0.4, 0.5) is 5.69 Å². The van der Waals surface area contributed by atoms with Gasteiger partial charge in [-0.15, -0.1) is 0 Å². The highest BCUT2D eigenvalue weighted by atomic mass is 16.5. The third-order valence-corrected chi connectivity index (χ3v) is 2.05. The first-order valence-electron chi connectivity index (χ1n) is 5.50. The molecule has 0 radical (unpaired) electrons. The van der Waals surface area contributed by atoms with Crippen LogP contribution in [0, 0.1) is 0 Å². The van der Waals surface area contributed by atoms with Crippen molar-refractivity contribution in [3.8, 4) is 0 Å². The number of carbonyl (C=O) groups is 3. The number of hydrogen-bond donors (Lipinski definition) is 1. The van der Waals surface area contributed by atoms with E-state index in [1.807, 2.05) is 0 Å². The summed E-state index contributed by atoms with van der Waals surface area (Å²) >= 11 is 0. The first-order chi connectivity index (χ1) is 9.04. The summed E-state index contributed by atoms with van der Waals surface area (Å²) in [4.78, 5) is 33.2. The molecular formula is C13H12NO5-. The lowest BCUT2D eigenvalue weighted by atomic mass is 10.2. The highest BCUT2D eigenvalue weighted by Gasteiger charge is 2.12. The van der Waals surface area contributed by atoms with Gasteiger partial charge in [0.25, 0.3) is 0 Å². The van der Waals surface area contributed by atoms with Crippen molar-refractivity contribution >= 4 is 23.5 Å². The Kier molecular flexibility index (Phi) is 5.28. The molecule has 0 fully saturated rings. The van der Waals surface area contributed by atoms with E-state index in [9.17, 15) is 19.5 Å². The molecule has 1 rings (SSSR count). The zero-order valence-electron chi connectivity index (χ0n) is 10.2. The van der Waals surface area contributed by atoms with Gasteiger partial charge in [0.15, 0.2) is 0 Å². The second-order valence-corrected chi connectivity index (χ2v) is 3.41. The van der Waals surface area contributed by atoms with Gasteiger partial charge in [-0.3, -0.25) is 4.79 Å². The lowest BCUT2D eigenvalue weighted by molar-refractivity contribution is -0.297. The van der Waals surface area contributed by atoms with Gasteiger partial charge >= 0.3 is 5.97 Å². The zero-order chi connectivity index (χ0) is 14.3. The lowest BCUT2D eigenvalue weighted by Crippen LogP contribution is -2.20. The van der Waals surface area contributed by atoms with Gasteiger partial charge in [-0.1, -0.05) is 12.1 Å². The highest BCUT2D eigenvalue weighted by Crippen LogP contribution is 2.16. The third-order valence-electron chi connectivity index (χ3n) is 2.05. The number of anilines is 1. The van der Waals surface area contributed by atoms with Gasteiger partial charge in [0.1, 0.15) is 0 Å². The van der Waals surface area contributed by atoms with E-state index in [2.05, 4.69) is 5.32 Å². The van der Waals surface area contributed by atoms with E-state index in [1.165, 1.54) is 12.1 Å². The third kappa shape index (κ3) is 4.63. The van der Waals surface area contributed by atoms with Crippen molar-refractivity contribution < 1.29 is 24.2 Å². The van der Waals surface area contributed by atoms with Crippen LogP contribution in [0.5, 0.6) is 0 Å². The maximum atomic E-state index is 11.6. The number of carbonyl (C=O) groups excluding carboxylic acids is 3. The van der Waals surface area contributed by atoms with Crippen LogP contribution in [0.3, 0.4) is 0 Å². The molecule has 6 heteroatoms. The van der Waals surface area contributed by atoms with Crippen LogP contribution in [-0.4, -0.2) is 24.5 Å². The summed E-state index contributed by atoms with van der Waals surface area (Å²) in [7, 11) is 0. The molecule has 0 aliphatic rings. The molecule has 19 heavy (non-hydrogen) atoms. The highest BCUT2D eigenvalue weighted by molar-refractivity contribution is 6.06. The summed E-state index contributed by atoms with van der Waals surface area (Å²) in [5.74, 6) is -2.72. The van der Waals surface area contributed by atoms with Crippen LogP contribution in [0.15, 0.2) is 36.4 Å². The number of nitrogens with one attached hydrogen (secondary N) is 1. The first kappa shape index (κ1) is 14.4. The molecule has 1 aromatic rings. The molecule has 0 spiro atoms. The molecule has 0 saturated heterocycles. The molecule has 6 nitrogen and oxygen atoms in total. The Morgan fingerprint density at radius 3 is 2.58 bits per heavy atom. The maximum absolute atomic E-state index is 11.6. The summed E-state index contributed by atoms with van der Waals surface area (Å²) in [5.41, 5.74) is 0.438. The molecule has 100 valence electrons. The minimum absolute atomic E-state index is 0.194. The maximum Gasteiger partial charge on any atom is 0.340 e. The number of esters is 1. The Bertz CT molecular complexity index is 522. The summed E-state index contributed by atoms with van der Waals surface area (Å²) in [6.07, 6.45) is 1.40. The van der Waals surface area contributed by atoms with E-state index < -0.39 is 17.8 Å². The van der Waals surface area contributed by atoms with Gasteiger partial charge in [0.05, 0.1) is 23.8 Å². The lowest BCUT2D eigenvalue weighted by Gasteiger charge is -2.08. The number of ether oxygens (including phenoxy) is 1. The number of carboxylic acids is 1. The Labute approximate surface area is 109 Å². The second-order valence-electron chi connectivity index (χ2n) is 3.41. The zero-order valence-corrected chi connectivity index (χ0v) is 10.2. The van der Waals surface area contributed by atoms with Crippen molar-refractivity contribution in [1.82, 2.24) is 0 Å². The van der Waals surface area contributed by atoms with Gasteiger partial charge in [-0.05, 0) is 25.1 Å². The Morgan fingerprint density at radius 1 is 1.26 bits per heavy atom. The van der Waals surface area contributed by atoms with E-state index in [-0.39, 0.29) is 17.9 Å². The predicted octanol–water partition coefficient (Wildman–Crippen LogP) is 0.108. The van der Waals surface area contributed by atoms with Gasteiger partial charge in [-0.25, -0.2) is 4.79 Å². The smallest absolute Gasteiger partial charge is 0.340 e. The van der Waals surface area contributed by atoms with Crippen LogP contribution in [-0.2, 0) is 14.3 Å². The van der Waals surface area contributed by atoms with Crippen molar-refractivity contribution in [2.24, 2.45) is 0 Å². The molecule has 0 heterocycles. The fourth-order valence-corrected chi connectivity index (χ4v) is 1.30. The van der Waals surface area contributed by atoms with Crippen LogP contribution in [0.25, 0.3) is 0 Å². The normalized spacial score (nSPS) is 10.2. The SMILES string of the molecule is CCOC(=O)c1ccccc1NC(=O)/C=C/C(=O)[O-]. The molecule has 0 aliphatic carbocycles. The predicted molar refractivity (Wildman–Crippen MR) is 65.2 cm³/mol. The average molecular weight is 262 g/mol. The van der Waals surface area contributed by atoms with Crippen LogP contribution in [0.1, 0.15) is 17.3 Å². The number of hydrogen-bond acceptors (Lipinski definition) is 5. The first-order valence-corrected chi connectivity index (χ1v) is 5.50. The van der Waals surface area contributed by atoms with E-state index in [4.69, 9.17) is 4.74 Å². The van der Waals surface area contributed by atoms with E-state index in [0.29, 0.717) is 6.08 Å². The molecule has 1 aromatic carbocycles. The van der Waals surface area contributed by atoms with E-state index in [1.54, 1.807) is 19.1 Å². The summed E-state index contributed by atoms with van der Waals surface area (Å²) in [6.45, 7) is 1.88. The van der Waals surface area contributed by atoms with Gasteiger partial charge in [-0.2, -0.15) is 0 Å². The largest absolute Gasteiger partial charge is 0.545 e. The Balaban J connectivity index is 2.86. The number of aliphatic carboxylic acids is 1. The molecule has 0 aromatic heterocycles. The summed E-state index contributed by atoms with van der Waals surface area (Å²) in [6, 6.07) is 6.26. The number of rotatable bonds is 5. The Hall–Kier alpha value is -2.63. The molecule has 0 aliphatic heterocycles. The van der Waals surface area contributed by atoms with Crippen molar-refractivity contribution in [2.75, 3.05) is 11.9 Å². The number of para-hydroxylation sites is 1. The van der Waals surface area contributed by atoms with Crippen LogP contribution < -0.4 is 10.4 Å². The minimum Gasteiger partial charge on any atom is -0.545 e. The van der Waals surface area contributed by atoms with E-state index in [0.717, 1.165) is 6.08 Å². The summed E-state index contributed by atoms with van der Waals surface area (Å²) in [5, 5.41) is 12.6. The van der Waals surface area contributed by atoms with Crippen molar-refractivity contribution in [2.45, 2.75) is 6.92 Å². The van der Waals surface area contributed by atoms with Crippen LogP contribution >= 0.6 is 0 Å². The van der Waals surface area contributed by atoms with Crippen molar-refractivity contribution in [1.29, 1.82) is 0 Å². The molecule has 0 atom stereocenters. The van der Waals surface area contributed by atoms with Crippen molar-refractivity contribution in [3.05, 3.63) is 42.0 Å². The van der Waals surface area contributed by atoms with Gasteiger partial charge in [0.2, 0.25) is 5.91 Å². The minimum atomic E-state index is -1.48. The van der Waals surface area contributed by atoms with E-state index >= 15 is 0 Å². The molecule has 1 amide bonds. The second kappa shape index (κ2) is 6.95. The van der Waals surface area contributed by atoms with Gasteiger partial charge in [0, 0.05) is 6.08 Å². The van der Waals surface area contributed by atoms with Crippen molar-refractivity contribution in [3.63, 3.8) is 0 Å². The summed E-state index contributed by atoms with van der Waals surface area (Å²) < 4.78 is 4.84. The fraction of sp³-hybridized carbons (Fsp3) is 0.154. The average Bonchev–Trinajstić information content (AvgIpc) is 2.37. The quantitative estimate of drug-likeness (QED) is 0.600. The molecule has 1 N–H and O–H groups in total. The molecule has 0 unspecified atom stereocenters. The Morgan fingerprint density at radius 2 is 1.95 bits per heavy atom. The molecule has 0 bridgehead atoms. The molecule has 0 saturated carbocycles. The monoisotopic (exact) mass is 262 g/mol. The number of amides is 1. The van der Waals surface area contributed by atoms with Gasteiger partial charge < -0.3 is 20.0 Å².